The Morgan fingerprint density at radius 2 is 1.96 bits per heavy atom. The third-order valence-corrected chi connectivity index (χ3v) is 5.31. The summed E-state index contributed by atoms with van der Waals surface area (Å²) in [6.45, 7) is 1.74. The molecule has 26 heavy (non-hydrogen) atoms. The third-order valence-electron chi connectivity index (χ3n) is 4.40. The molecule has 0 aromatic heterocycles. The van der Waals surface area contributed by atoms with Crippen molar-refractivity contribution in [3.05, 3.63) is 53.6 Å². The van der Waals surface area contributed by atoms with Crippen molar-refractivity contribution in [1.29, 1.82) is 0 Å². The van der Waals surface area contributed by atoms with Crippen LogP contribution in [0.25, 0.3) is 0 Å². The van der Waals surface area contributed by atoms with E-state index < -0.39 is 21.7 Å². The Kier molecular flexibility index (Phi) is 5.12. The van der Waals surface area contributed by atoms with Gasteiger partial charge in [-0.05, 0) is 43.3 Å². The van der Waals surface area contributed by atoms with Gasteiger partial charge in [0, 0.05) is 18.0 Å². The summed E-state index contributed by atoms with van der Waals surface area (Å²) in [5.74, 6) is -0.809. The minimum atomic E-state index is -3.63. The van der Waals surface area contributed by atoms with Crippen molar-refractivity contribution >= 4 is 15.7 Å². The normalized spacial score (nSPS) is 21.0. The highest BCUT2D eigenvalue weighted by atomic mass is 32.2. The quantitative estimate of drug-likeness (QED) is 0.650. The van der Waals surface area contributed by atoms with Crippen LogP contribution in [-0.2, 0) is 10.0 Å². The van der Waals surface area contributed by atoms with Gasteiger partial charge in [0.25, 0.3) is 0 Å². The van der Waals surface area contributed by atoms with Crippen LogP contribution in [0.5, 0.6) is 5.75 Å². The number of benzene rings is 2. The van der Waals surface area contributed by atoms with E-state index >= 15 is 0 Å². The van der Waals surface area contributed by atoms with Gasteiger partial charge in [-0.25, -0.2) is 22.3 Å². The van der Waals surface area contributed by atoms with E-state index in [2.05, 4.69) is 5.32 Å². The number of nitrogen functional groups attached to an aromatic ring is 1. The molecule has 0 saturated carbocycles. The van der Waals surface area contributed by atoms with Crippen LogP contribution in [-0.4, -0.2) is 27.6 Å². The maximum atomic E-state index is 12.2. The highest BCUT2D eigenvalue weighted by Crippen LogP contribution is 2.41. The number of rotatable bonds is 1. The van der Waals surface area contributed by atoms with Crippen molar-refractivity contribution in [2.45, 2.75) is 23.3 Å². The number of nitrogens with two attached hydrogens (primary N) is 2. The summed E-state index contributed by atoms with van der Waals surface area (Å²) < 4.78 is 52.8. The second-order valence-corrected chi connectivity index (χ2v) is 7.70. The summed E-state index contributed by atoms with van der Waals surface area (Å²) in [6.07, 6.45) is 1.08. The smallest absolute Gasteiger partial charge is 0.238 e. The summed E-state index contributed by atoms with van der Waals surface area (Å²) in [6, 6.07) is 8.53. The molecule has 2 aliphatic heterocycles. The Labute approximate surface area is 150 Å². The maximum Gasteiger partial charge on any atom is 0.238 e. The number of anilines is 1. The summed E-state index contributed by atoms with van der Waals surface area (Å²) in [4.78, 5) is 0.166. The fourth-order valence-corrected chi connectivity index (χ4v) is 3.64. The molecule has 2 aromatic rings. The molecule has 2 unspecified atom stereocenters. The third kappa shape index (κ3) is 3.79. The number of nitrogens with one attached hydrogen (secondary N) is 1. The average molecular weight is 383 g/mol. The number of halogens is 2. The van der Waals surface area contributed by atoms with Crippen molar-refractivity contribution in [1.82, 2.24) is 5.32 Å². The number of hydrogen-bond acceptors (Lipinski definition) is 5. The van der Waals surface area contributed by atoms with E-state index in [9.17, 15) is 17.2 Å². The predicted molar refractivity (Wildman–Crippen MR) is 93.2 cm³/mol. The molecule has 0 bridgehead atoms. The fourth-order valence-electron chi connectivity index (χ4n) is 3.09. The molecule has 5 N–H and O–H groups in total. The SMILES string of the molecule is NS(=O)(=O)c1ccc2c(c1)C1CCNCC1O2.Nc1cccc(F)c1F. The first-order valence-corrected chi connectivity index (χ1v) is 9.55. The summed E-state index contributed by atoms with van der Waals surface area (Å²) in [5.41, 5.74) is 5.82. The fraction of sp³-hybridized carbons (Fsp3) is 0.294. The number of fused-ring (bicyclic) bond motifs is 3. The number of primary sulfonamides is 1. The van der Waals surface area contributed by atoms with Crippen LogP contribution in [0.2, 0.25) is 0 Å². The first-order chi connectivity index (χ1) is 12.3. The molecule has 0 amide bonds. The Morgan fingerprint density at radius 3 is 2.62 bits per heavy atom. The van der Waals surface area contributed by atoms with E-state index in [1.807, 2.05) is 0 Å². The molecule has 6 nitrogen and oxygen atoms in total. The zero-order valence-corrected chi connectivity index (χ0v) is 14.6. The molecule has 1 saturated heterocycles. The van der Waals surface area contributed by atoms with Gasteiger partial charge in [-0.15, -0.1) is 0 Å². The molecule has 140 valence electrons. The van der Waals surface area contributed by atoms with E-state index in [1.54, 1.807) is 12.1 Å². The van der Waals surface area contributed by atoms with Gasteiger partial charge < -0.3 is 15.8 Å². The van der Waals surface area contributed by atoms with E-state index in [-0.39, 0.29) is 22.6 Å². The molecule has 4 rings (SSSR count). The van der Waals surface area contributed by atoms with Gasteiger partial charge in [-0.2, -0.15) is 0 Å². The molecule has 0 radical (unpaired) electrons. The molecule has 0 aliphatic carbocycles. The minimum Gasteiger partial charge on any atom is -0.488 e. The van der Waals surface area contributed by atoms with Crippen molar-refractivity contribution in [2.24, 2.45) is 5.14 Å². The van der Waals surface area contributed by atoms with Crippen LogP contribution in [0.1, 0.15) is 17.9 Å². The average Bonchev–Trinajstić information content (AvgIpc) is 2.97. The number of piperidine rings is 1. The number of sulfonamides is 1. The van der Waals surface area contributed by atoms with Gasteiger partial charge in [0.1, 0.15) is 11.9 Å². The van der Waals surface area contributed by atoms with Crippen molar-refractivity contribution in [3.8, 4) is 5.75 Å². The van der Waals surface area contributed by atoms with Gasteiger partial charge in [-0.3, -0.25) is 0 Å². The van der Waals surface area contributed by atoms with Crippen molar-refractivity contribution < 1.29 is 21.9 Å². The van der Waals surface area contributed by atoms with Crippen LogP contribution in [0, 0.1) is 11.6 Å². The van der Waals surface area contributed by atoms with Crippen molar-refractivity contribution in [2.75, 3.05) is 18.8 Å². The molecule has 9 heteroatoms. The summed E-state index contributed by atoms with van der Waals surface area (Å²) in [5, 5.41) is 8.41. The molecule has 2 aromatic carbocycles. The lowest BCUT2D eigenvalue weighted by molar-refractivity contribution is 0.177. The maximum absolute atomic E-state index is 12.2. The van der Waals surface area contributed by atoms with E-state index in [1.165, 1.54) is 18.2 Å². The predicted octanol–water partition coefficient (Wildman–Crippen LogP) is 1.72. The van der Waals surface area contributed by atoms with Crippen molar-refractivity contribution in [3.63, 3.8) is 0 Å². The second-order valence-electron chi connectivity index (χ2n) is 6.14. The lowest BCUT2D eigenvalue weighted by Crippen LogP contribution is -2.39. The van der Waals surface area contributed by atoms with Crippen LogP contribution < -0.4 is 20.9 Å². The number of hydrogen-bond donors (Lipinski definition) is 3. The van der Waals surface area contributed by atoms with Crippen LogP contribution in [0.4, 0.5) is 14.5 Å². The topological polar surface area (TPSA) is 107 Å². The molecule has 1 fully saturated rings. The van der Waals surface area contributed by atoms with E-state index in [0.29, 0.717) is 0 Å². The summed E-state index contributed by atoms with van der Waals surface area (Å²) in [7, 11) is -3.63. The van der Waals surface area contributed by atoms with Gasteiger partial charge in [-0.1, -0.05) is 6.07 Å². The second kappa shape index (κ2) is 7.18. The van der Waals surface area contributed by atoms with Gasteiger partial charge >= 0.3 is 0 Å². The van der Waals surface area contributed by atoms with E-state index in [4.69, 9.17) is 15.6 Å². The Bertz CT molecular complexity index is 901. The molecule has 2 aliphatic rings. The largest absolute Gasteiger partial charge is 0.488 e. The standard InChI is InChI=1S/C11H14N2O3S.C6H5F2N/c12-17(14,15)7-1-2-10-9(5-7)8-3-4-13-6-11(8)16-10;7-4-2-1-3-5(9)6(4)8/h1-2,5,8,11,13H,3-4,6H2,(H2,12,14,15);1-3H,9H2. The molecule has 0 spiro atoms. The molecule has 2 atom stereocenters. The molecule has 2 heterocycles. The van der Waals surface area contributed by atoms with Crippen LogP contribution in [0.3, 0.4) is 0 Å². The molecular weight excluding hydrogens is 364 g/mol. The zero-order chi connectivity index (χ0) is 18.9. The highest BCUT2D eigenvalue weighted by Gasteiger charge is 2.36. The van der Waals surface area contributed by atoms with Gasteiger partial charge in [0.15, 0.2) is 11.6 Å². The first-order valence-electron chi connectivity index (χ1n) is 8.01. The first kappa shape index (κ1) is 18.6. The minimum absolute atomic E-state index is 0.120. The summed E-state index contributed by atoms with van der Waals surface area (Å²) >= 11 is 0. The highest BCUT2D eigenvalue weighted by molar-refractivity contribution is 7.89. The molecular formula is C17H19F2N3O3S. The monoisotopic (exact) mass is 383 g/mol. The Hall–Kier alpha value is -2.23. The number of ether oxygens (including phenoxy) is 1. The van der Waals surface area contributed by atoms with Gasteiger partial charge in [0.05, 0.1) is 10.6 Å². The van der Waals surface area contributed by atoms with Crippen LogP contribution >= 0.6 is 0 Å². The van der Waals surface area contributed by atoms with Gasteiger partial charge in [0.2, 0.25) is 10.0 Å². The Morgan fingerprint density at radius 1 is 1.19 bits per heavy atom. The van der Waals surface area contributed by atoms with E-state index in [0.717, 1.165) is 36.9 Å². The van der Waals surface area contributed by atoms with Crippen LogP contribution in [0.15, 0.2) is 41.3 Å². The Balaban J connectivity index is 0.000000185. The lowest BCUT2D eigenvalue weighted by atomic mass is 9.90. The zero-order valence-electron chi connectivity index (χ0n) is 13.8. The lowest BCUT2D eigenvalue weighted by Gasteiger charge is -2.24.